The summed E-state index contributed by atoms with van der Waals surface area (Å²) in [5, 5.41) is 1.64. The van der Waals surface area contributed by atoms with Gasteiger partial charge in [-0.05, 0) is 32.1 Å². The fourth-order valence-corrected chi connectivity index (χ4v) is 4.66. The smallest absolute Gasteiger partial charge is 0.263 e. The molecule has 0 bridgehead atoms. The number of thiophene rings is 1. The lowest BCUT2D eigenvalue weighted by Crippen LogP contribution is -2.32. The molecule has 2 aromatic rings. The highest BCUT2D eigenvalue weighted by Gasteiger charge is 2.31. The van der Waals surface area contributed by atoms with Crippen LogP contribution in [-0.4, -0.2) is 20.9 Å². The standard InChI is InChI=1S/C15H20N2O2S2/c1-5-17-13(18)11-9-7-15(3,4)19-8-10(9)21-12(11)16-14(17)20-6-2/h5-8H2,1-4H3. The van der Waals surface area contributed by atoms with Crippen LogP contribution < -0.4 is 5.56 Å². The first-order chi connectivity index (χ1) is 9.96. The molecule has 6 heteroatoms. The summed E-state index contributed by atoms with van der Waals surface area (Å²) in [4.78, 5) is 19.6. The molecule has 0 unspecified atom stereocenters. The van der Waals surface area contributed by atoms with Gasteiger partial charge in [-0.15, -0.1) is 11.3 Å². The average Bonchev–Trinajstić information content (AvgIpc) is 2.76. The molecular formula is C15H20N2O2S2. The Bertz CT molecular complexity index is 746. The van der Waals surface area contributed by atoms with Crippen molar-refractivity contribution in [3.8, 4) is 0 Å². The molecule has 21 heavy (non-hydrogen) atoms. The van der Waals surface area contributed by atoms with Crippen molar-refractivity contribution in [3.63, 3.8) is 0 Å². The van der Waals surface area contributed by atoms with Crippen molar-refractivity contribution < 1.29 is 4.74 Å². The van der Waals surface area contributed by atoms with Crippen LogP contribution in [0.4, 0.5) is 0 Å². The molecule has 0 radical (unpaired) electrons. The van der Waals surface area contributed by atoms with E-state index in [-0.39, 0.29) is 11.2 Å². The summed E-state index contributed by atoms with van der Waals surface area (Å²) in [6.45, 7) is 9.48. The number of nitrogens with zero attached hydrogens (tertiary/aromatic N) is 2. The second kappa shape index (κ2) is 5.41. The number of hydrogen-bond acceptors (Lipinski definition) is 5. The molecule has 2 aromatic heterocycles. The minimum atomic E-state index is -0.207. The van der Waals surface area contributed by atoms with Gasteiger partial charge in [0.15, 0.2) is 5.16 Å². The van der Waals surface area contributed by atoms with E-state index in [1.54, 1.807) is 27.7 Å². The van der Waals surface area contributed by atoms with E-state index in [2.05, 4.69) is 20.8 Å². The Hall–Kier alpha value is -0.850. The Morgan fingerprint density at radius 1 is 1.43 bits per heavy atom. The minimum Gasteiger partial charge on any atom is -0.370 e. The molecule has 4 nitrogen and oxygen atoms in total. The van der Waals surface area contributed by atoms with E-state index in [4.69, 9.17) is 9.72 Å². The predicted molar refractivity (Wildman–Crippen MR) is 88.5 cm³/mol. The van der Waals surface area contributed by atoms with Gasteiger partial charge < -0.3 is 4.74 Å². The zero-order valence-electron chi connectivity index (χ0n) is 12.9. The van der Waals surface area contributed by atoms with Gasteiger partial charge in [0.1, 0.15) is 4.83 Å². The fraction of sp³-hybridized carbons (Fsp3) is 0.600. The maximum absolute atomic E-state index is 12.9. The van der Waals surface area contributed by atoms with Crippen molar-refractivity contribution in [3.05, 3.63) is 20.8 Å². The van der Waals surface area contributed by atoms with Gasteiger partial charge in [0.2, 0.25) is 0 Å². The lowest BCUT2D eigenvalue weighted by molar-refractivity contribution is -0.0379. The quantitative estimate of drug-likeness (QED) is 0.641. The third-order valence-corrected chi connectivity index (χ3v) is 5.70. The summed E-state index contributed by atoms with van der Waals surface area (Å²) in [5.41, 5.74) is 1.05. The Morgan fingerprint density at radius 3 is 2.86 bits per heavy atom. The summed E-state index contributed by atoms with van der Waals surface area (Å²) < 4.78 is 7.66. The summed E-state index contributed by atoms with van der Waals surface area (Å²) >= 11 is 3.24. The number of ether oxygens (including phenoxy) is 1. The highest BCUT2D eigenvalue weighted by Crippen LogP contribution is 2.37. The molecule has 0 amide bonds. The first kappa shape index (κ1) is 15.1. The molecule has 1 aliphatic rings. The molecule has 3 rings (SSSR count). The number of aromatic nitrogens is 2. The van der Waals surface area contributed by atoms with Gasteiger partial charge in [0.05, 0.1) is 17.6 Å². The summed E-state index contributed by atoms with van der Waals surface area (Å²) in [5.74, 6) is 0.916. The molecule has 114 valence electrons. The van der Waals surface area contributed by atoms with Gasteiger partial charge in [-0.2, -0.15) is 0 Å². The van der Waals surface area contributed by atoms with Gasteiger partial charge in [-0.25, -0.2) is 4.98 Å². The molecule has 0 N–H and O–H groups in total. The number of hydrogen-bond donors (Lipinski definition) is 0. The third-order valence-electron chi connectivity index (χ3n) is 3.75. The SMILES string of the molecule is CCSc1nc2sc3c(c2c(=O)n1CC)CC(C)(C)OC3. The zero-order valence-corrected chi connectivity index (χ0v) is 14.5. The monoisotopic (exact) mass is 324 g/mol. The van der Waals surface area contributed by atoms with Crippen molar-refractivity contribution in [2.45, 2.75) is 58.0 Å². The maximum atomic E-state index is 12.9. The lowest BCUT2D eigenvalue weighted by Gasteiger charge is -2.29. The van der Waals surface area contributed by atoms with Crippen molar-refractivity contribution in [1.82, 2.24) is 9.55 Å². The molecule has 0 spiro atoms. The Labute approximate surface area is 132 Å². The molecule has 3 heterocycles. The molecule has 0 aliphatic carbocycles. The third kappa shape index (κ3) is 2.53. The average molecular weight is 324 g/mol. The van der Waals surface area contributed by atoms with E-state index in [1.165, 1.54) is 0 Å². The van der Waals surface area contributed by atoms with Crippen molar-refractivity contribution in [2.75, 3.05) is 5.75 Å². The van der Waals surface area contributed by atoms with Crippen molar-refractivity contribution in [2.24, 2.45) is 0 Å². The van der Waals surface area contributed by atoms with Crippen LogP contribution in [0.3, 0.4) is 0 Å². The maximum Gasteiger partial charge on any atom is 0.263 e. The fourth-order valence-electron chi connectivity index (χ4n) is 2.73. The van der Waals surface area contributed by atoms with Crippen molar-refractivity contribution >= 4 is 33.3 Å². The van der Waals surface area contributed by atoms with E-state index in [1.807, 2.05) is 6.92 Å². The van der Waals surface area contributed by atoms with Gasteiger partial charge in [-0.1, -0.05) is 18.7 Å². The molecule has 0 aromatic carbocycles. The van der Waals surface area contributed by atoms with E-state index in [0.717, 1.165) is 38.0 Å². The Kier molecular flexibility index (Phi) is 3.88. The van der Waals surface area contributed by atoms with Gasteiger partial charge >= 0.3 is 0 Å². The molecule has 0 atom stereocenters. The number of fused-ring (bicyclic) bond motifs is 3. The Balaban J connectivity index is 2.27. The minimum absolute atomic E-state index is 0.105. The number of thioether (sulfide) groups is 1. The van der Waals surface area contributed by atoms with Crippen LogP contribution >= 0.6 is 23.1 Å². The van der Waals surface area contributed by atoms with Crippen LogP contribution in [0.15, 0.2) is 9.95 Å². The highest BCUT2D eigenvalue weighted by molar-refractivity contribution is 7.99. The molecular weight excluding hydrogens is 304 g/mol. The summed E-state index contributed by atoms with van der Waals surface area (Å²) in [7, 11) is 0. The largest absolute Gasteiger partial charge is 0.370 e. The number of rotatable bonds is 3. The summed E-state index contributed by atoms with van der Waals surface area (Å²) in [6, 6.07) is 0. The van der Waals surface area contributed by atoms with E-state index < -0.39 is 0 Å². The normalized spacial score (nSPS) is 17.1. The van der Waals surface area contributed by atoms with Gasteiger partial charge in [0.25, 0.3) is 5.56 Å². The first-order valence-corrected chi connectivity index (χ1v) is 9.09. The van der Waals surface area contributed by atoms with Crippen LogP contribution in [0.2, 0.25) is 0 Å². The van der Waals surface area contributed by atoms with Crippen LogP contribution in [-0.2, 0) is 24.3 Å². The molecule has 0 saturated carbocycles. The van der Waals surface area contributed by atoms with Crippen molar-refractivity contribution in [1.29, 1.82) is 0 Å². The lowest BCUT2D eigenvalue weighted by atomic mass is 9.94. The molecule has 0 saturated heterocycles. The zero-order chi connectivity index (χ0) is 15.2. The Morgan fingerprint density at radius 2 is 2.19 bits per heavy atom. The van der Waals surface area contributed by atoms with E-state index in [9.17, 15) is 4.79 Å². The second-order valence-electron chi connectivity index (χ2n) is 5.79. The molecule has 1 aliphatic heterocycles. The predicted octanol–water partition coefficient (Wildman–Crippen LogP) is 3.44. The van der Waals surface area contributed by atoms with Crippen LogP contribution in [0.25, 0.3) is 10.2 Å². The van der Waals surface area contributed by atoms with Gasteiger partial charge in [0, 0.05) is 17.8 Å². The molecule has 0 fully saturated rings. The van der Waals surface area contributed by atoms with E-state index in [0.29, 0.717) is 13.2 Å². The second-order valence-corrected chi connectivity index (χ2v) is 8.10. The van der Waals surface area contributed by atoms with E-state index >= 15 is 0 Å². The van der Waals surface area contributed by atoms with Gasteiger partial charge in [-0.3, -0.25) is 9.36 Å². The highest BCUT2D eigenvalue weighted by atomic mass is 32.2. The van der Waals surface area contributed by atoms with Crippen LogP contribution in [0.1, 0.15) is 38.1 Å². The first-order valence-electron chi connectivity index (χ1n) is 7.28. The summed E-state index contributed by atoms with van der Waals surface area (Å²) in [6.07, 6.45) is 0.781. The van der Waals surface area contributed by atoms with Crippen LogP contribution in [0.5, 0.6) is 0 Å². The topological polar surface area (TPSA) is 44.1 Å². The van der Waals surface area contributed by atoms with Crippen LogP contribution in [0, 0.1) is 0 Å².